The fraction of sp³-hybridized carbons (Fsp3) is 0.375. The number of furan rings is 1. The number of halogens is 1. The zero-order chi connectivity index (χ0) is 20.4. The van der Waals surface area contributed by atoms with Gasteiger partial charge in [-0.3, -0.25) is 9.69 Å². The van der Waals surface area contributed by atoms with E-state index >= 15 is 0 Å². The second-order valence-electron chi connectivity index (χ2n) is 8.07. The van der Waals surface area contributed by atoms with Crippen LogP contribution in [-0.2, 0) is 17.8 Å². The van der Waals surface area contributed by atoms with E-state index in [1.807, 2.05) is 12.1 Å². The van der Waals surface area contributed by atoms with Crippen LogP contribution < -0.4 is 5.32 Å². The fourth-order valence-corrected chi connectivity index (χ4v) is 4.19. The van der Waals surface area contributed by atoms with Gasteiger partial charge in [0.25, 0.3) is 0 Å². The van der Waals surface area contributed by atoms with E-state index < -0.39 is 0 Å². The molecule has 1 aromatic heterocycles. The summed E-state index contributed by atoms with van der Waals surface area (Å²) in [4.78, 5) is 15.0. The number of piperidine rings is 1. The van der Waals surface area contributed by atoms with Crippen molar-refractivity contribution in [2.24, 2.45) is 0 Å². The lowest BCUT2D eigenvalue weighted by atomic mass is 10.0. The third kappa shape index (κ3) is 4.65. The van der Waals surface area contributed by atoms with Gasteiger partial charge in [-0.05, 0) is 55.5 Å². The molecule has 29 heavy (non-hydrogen) atoms. The molecule has 1 N–H and O–H groups in total. The Kier molecular flexibility index (Phi) is 5.93. The molecule has 2 aromatic carbocycles. The maximum absolute atomic E-state index is 12.6. The molecule has 1 aliphatic rings. The largest absolute Gasteiger partial charge is 0.464 e. The van der Waals surface area contributed by atoms with Crippen molar-refractivity contribution in [3.63, 3.8) is 0 Å². The molecule has 1 fully saturated rings. The third-order valence-electron chi connectivity index (χ3n) is 5.96. The molecular formula is C24H27ClN2O2. The quantitative estimate of drug-likeness (QED) is 0.641. The second-order valence-corrected chi connectivity index (χ2v) is 8.50. The van der Waals surface area contributed by atoms with Crippen molar-refractivity contribution in [2.75, 3.05) is 13.1 Å². The van der Waals surface area contributed by atoms with Gasteiger partial charge in [0, 0.05) is 41.6 Å². The first-order valence-corrected chi connectivity index (χ1v) is 10.6. The minimum Gasteiger partial charge on any atom is -0.464 e. The highest BCUT2D eigenvalue weighted by Crippen LogP contribution is 2.27. The minimum atomic E-state index is 0.0714. The molecule has 0 radical (unpaired) electrons. The van der Waals surface area contributed by atoms with E-state index in [1.165, 1.54) is 11.1 Å². The van der Waals surface area contributed by atoms with Crippen LogP contribution in [0.2, 0.25) is 5.02 Å². The summed E-state index contributed by atoms with van der Waals surface area (Å²) < 4.78 is 5.73. The molecule has 1 aliphatic heterocycles. The molecule has 0 spiro atoms. The SMILES string of the molecule is Cc1ccc2c(CC(=O)NC3CCN(Cc4ccc(Cl)cc4)CC3)coc2c1C. The van der Waals surface area contributed by atoms with Gasteiger partial charge in [-0.25, -0.2) is 0 Å². The average molecular weight is 411 g/mol. The molecule has 0 atom stereocenters. The number of rotatable bonds is 5. The van der Waals surface area contributed by atoms with Crippen molar-refractivity contribution in [1.29, 1.82) is 0 Å². The van der Waals surface area contributed by atoms with Gasteiger partial charge in [0.15, 0.2) is 0 Å². The summed E-state index contributed by atoms with van der Waals surface area (Å²) in [6.45, 7) is 7.03. The summed E-state index contributed by atoms with van der Waals surface area (Å²) in [5.41, 5.74) is 5.47. The van der Waals surface area contributed by atoms with Crippen LogP contribution in [0.1, 0.15) is 35.1 Å². The molecule has 0 bridgehead atoms. The van der Waals surface area contributed by atoms with Crippen molar-refractivity contribution in [3.8, 4) is 0 Å². The number of carbonyl (C=O) groups is 1. The molecule has 0 saturated carbocycles. The lowest BCUT2D eigenvalue weighted by Gasteiger charge is -2.32. The number of amides is 1. The van der Waals surface area contributed by atoms with Gasteiger partial charge in [0.05, 0.1) is 12.7 Å². The Morgan fingerprint density at radius 1 is 1.14 bits per heavy atom. The number of fused-ring (bicyclic) bond motifs is 1. The second kappa shape index (κ2) is 8.60. The number of likely N-dealkylation sites (tertiary alicyclic amines) is 1. The number of nitrogens with one attached hydrogen (secondary N) is 1. The smallest absolute Gasteiger partial charge is 0.224 e. The third-order valence-corrected chi connectivity index (χ3v) is 6.22. The number of hydrogen-bond acceptors (Lipinski definition) is 3. The van der Waals surface area contributed by atoms with Crippen LogP contribution in [0.4, 0.5) is 0 Å². The first-order chi connectivity index (χ1) is 14.0. The van der Waals surface area contributed by atoms with Crippen LogP contribution in [0.3, 0.4) is 0 Å². The van der Waals surface area contributed by atoms with Gasteiger partial charge < -0.3 is 9.73 Å². The molecule has 2 heterocycles. The van der Waals surface area contributed by atoms with E-state index in [0.717, 1.165) is 59.6 Å². The molecule has 152 valence electrons. The first-order valence-electron chi connectivity index (χ1n) is 10.2. The molecule has 4 nitrogen and oxygen atoms in total. The van der Waals surface area contributed by atoms with Gasteiger partial charge >= 0.3 is 0 Å². The molecule has 5 heteroatoms. The first kappa shape index (κ1) is 20.0. The Balaban J connectivity index is 1.29. The summed E-state index contributed by atoms with van der Waals surface area (Å²) in [6.07, 6.45) is 4.04. The average Bonchev–Trinajstić information content (AvgIpc) is 3.11. The van der Waals surface area contributed by atoms with Crippen LogP contribution in [0.15, 0.2) is 47.1 Å². The maximum Gasteiger partial charge on any atom is 0.224 e. The highest BCUT2D eigenvalue weighted by molar-refractivity contribution is 6.30. The van der Waals surface area contributed by atoms with E-state index in [1.54, 1.807) is 6.26 Å². The van der Waals surface area contributed by atoms with Gasteiger partial charge in [-0.2, -0.15) is 0 Å². The van der Waals surface area contributed by atoms with Crippen molar-refractivity contribution >= 4 is 28.5 Å². The Bertz CT molecular complexity index is 1000. The highest BCUT2D eigenvalue weighted by Gasteiger charge is 2.21. The zero-order valence-electron chi connectivity index (χ0n) is 17.0. The minimum absolute atomic E-state index is 0.0714. The van der Waals surface area contributed by atoms with Crippen LogP contribution >= 0.6 is 11.6 Å². The van der Waals surface area contributed by atoms with Crippen molar-refractivity contribution in [1.82, 2.24) is 10.2 Å². The summed E-state index contributed by atoms with van der Waals surface area (Å²) in [6, 6.07) is 12.4. The Hall–Kier alpha value is -2.30. The number of hydrogen-bond donors (Lipinski definition) is 1. The number of aryl methyl sites for hydroxylation is 2. The van der Waals surface area contributed by atoms with Crippen LogP contribution in [0, 0.1) is 13.8 Å². The summed E-state index contributed by atoms with van der Waals surface area (Å²) in [5, 5.41) is 5.03. The number of benzene rings is 2. The normalized spacial score (nSPS) is 15.7. The van der Waals surface area contributed by atoms with Crippen LogP contribution in [0.5, 0.6) is 0 Å². The maximum atomic E-state index is 12.6. The van der Waals surface area contributed by atoms with Gasteiger partial charge in [-0.15, -0.1) is 0 Å². The summed E-state index contributed by atoms with van der Waals surface area (Å²) >= 11 is 5.96. The molecule has 1 amide bonds. The topological polar surface area (TPSA) is 45.5 Å². The molecule has 0 unspecified atom stereocenters. The molecule has 0 aliphatic carbocycles. The Labute approximate surface area is 176 Å². The van der Waals surface area contributed by atoms with Gasteiger partial charge in [-0.1, -0.05) is 35.9 Å². The molecule has 3 aromatic rings. The summed E-state index contributed by atoms with van der Waals surface area (Å²) in [7, 11) is 0. The van der Waals surface area contributed by atoms with Crippen molar-refractivity contribution < 1.29 is 9.21 Å². The predicted molar refractivity (Wildman–Crippen MR) is 117 cm³/mol. The van der Waals surface area contributed by atoms with Gasteiger partial charge in [0.2, 0.25) is 5.91 Å². The standard InChI is InChI=1S/C24H27ClN2O2/c1-16-3-8-22-19(15-29-24(22)17(16)2)13-23(28)26-21-9-11-27(12-10-21)14-18-4-6-20(25)7-5-18/h3-8,15,21H,9-14H2,1-2H3,(H,26,28). The van der Waals surface area contributed by atoms with Crippen LogP contribution in [-0.4, -0.2) is 29.9 Å². The molecular weight excluding hydrogens is 384 g/mol. The van der Waals surface area contributed by atoms with E-state index in [2.05, 4.69) is 48.3 Å². The highest BCUT2D eigenvalue weighted by atomic mass is 35.5. The van der Waals surface area contributed by atoms with E-state index in [4.69, 9.17) is 16.0 Å². The molecule has 1 saturated heterocycles. The lowest BCUT2D eigenvalue weighted by Crippen LogP contribution is -2.44. The predicted octanol–water partition coefficient (Wildman–Crippen LogP) is 5.03. The molecule has 4 rings (SSSR count). The summed E-state index contributed by atoms with van der Waals surface area (Å²) in [5.74, 6) is 0.0714. The van der Waals surface area contributed by atoms with Crippen molar-refractivity contribution in [3.05, 3.63) is 69.9 Å². The lowest BCUT2D eigenvalue weighted by molar-refractivity contribution is -0.121. The van der Waals surface area contributed by atoms with E-state index in [-0.39, 0.29) is 11.9 Å². The van der Waals surface area contributed by atoms with E-state index in [0.29, 0.717) is 6.42 Å². The number of nitrogens with zero attached hydrogens (tertiary/aromatic N) is 1. The fourth-order valence-electron chi connectivity index (χ4n) is 4.06. The van der Waals surface area contributed by atoms with Crippen molar-refractivity contribution in [2.45, 2.75) is 45.7 Å². The van der Waals surface area contributed by atoms with E-state index in [9.17, 15) is 4.79 Å². The Morgan fingerprint density at radius 2 is 1.86 bits per heavy atom. The zero-order valence-corrected chi connectivity index (χ0v) is 17.8. The van der Waals surface area contributed by atoms with Crippen LogP contribution in [0.25, 0.3) is 11.0 Å². The number of carbonyl (C=O) groups excluding carboxylic acids is 1. The Morgan fingerprint density at radius 3 is 2.59 bits per heavy atom. The van der Waals surface area contributed by atoms with Gasteiger partial charge in [0.1, 0.15) is 5.58 Å². The monoisotopic (exact) mass is 410 g/mol.